The third-order valence-electron chi connectivity index (χ3n) is 3.12. The Balaban J connectivity index is 2.65. The highest BCUT2D eigenvalue weighted by Gasteiger charge is 2.20. The molecule has 0 unspecified atom stereocenters. The first-order valence-corrected chi connectivity index (χ1v) is 6.76. The number of hydrogen-bond acceptors (Lipinski definition) is 3. The molecule has 0 fully saturated rings. The van der Waals surface area contributed by atoms with E-state index in [0.717, 1.165) is 10.9 Å². The molecule has 0 aliphatic carbocycles. The Bertz CT molecular complexity index is 747. The SMILES string of the molecule is CCOC(=O)C(=Cc1c(Cl)n(C)c2ccccc12)C(N)=O. The van der Waals surface area contributed by atoms with Gasteiger partial charge in [0.25, 0.3) is 5.91 Å². The molecule has 0 saturated heterocycles. The van der Waals surface area contributed by atoms with Gasteiger partial charge in [0.2, 0.25) is 0 Å². The summed E-state index contributed by atoms with van der Waals surface area (Å²) in [6.07, 6.45) is 1.38. The molecule has 0 bridgehead atoms. The second-order valence-electron chi connectivity index (χ2n) is 4.42. The molecule has 1 heterocycles. The molecule has 6 heteroatoms. The molecule has 2 aromatic rings. The minimum Gasteiger partial charge on any atom is -0.462 e. The van der Waals surface area contributed by atoms with Crippen molar-refractivity contribution in [2.45, 2.75) is 6.92 Å². The van der Waals surface area contributed by atoms with Crippen molar-refractivity contribution in [1.82, 2.24) is 4.57 Å². The zero-order chi connectivity index (χ0) is 15.6. The maximum Gasteiger partial charge on any atom is 0.343 e. The Morgan fingerprint density at radius 3 is 2.67 bits per heavy atom. The second kappa shape index (κ2) is 6.01. The molecular formula is C15H15ClN2O3. The molecular weight excluding hydrogens is 292 g/mol. The monoisotopic (exact) mass is 306 g/mol. The number of amides is 1. The van der Waals surface area contributed by atoms with Crippen LogP contribution in [0, 0.1) is 0 Å². The minimum atomic E-state index is -0.850. The van der Waals surface area contributed by atoms with Crippen LogP contribution in [-0.2, 0) is 21.4 Å². The van der Waals surface area contributed by atoms with Gasteiger partial charge in [0, 0.05) is 23.5 Å². The highest BCUT2D eigenvalue weighted by Crippen LogP contribution is 2.30. The zero-order valence-electron chi connectivity index (χ0n) is 11.7. The first kappa shape index (κ1) is 15.1. The maximum atomic E-state index is 11.8. The summed E-state index contributed by atoms with van der Waals surface area (Å²) in [5.74, 6) is -1.61. The number of fused-ring (bicyclic) bond motifs is 1. The average molecular weight is 307 g/mol. The number of benzene rings is 1. The molecule has 0 saturated carbocycles. The Morgan fingerprint density at radius 2 is 2.05 bits per heavy atom. The van der Waals surface area contributed by atoms with Gasteiger partial charge in [-0.2, -0.15) is 0 Å². The van der Waals surface area contributed by atoms with Crippen molar-refractivity contribution in [1.29, 1.82) is 0 Å². The number of carbonyl (C=O) groups excluding carboxylic acids is 2. The van der Waals surface area contributed by atoms with Crippen molar-refractivity contribution in [2.24, 2.45) is 12.8 Å². The molecule has 1 amide bonds. The number of aromatic nitrogens is 1. The van der Waals surface area contributed by atoms with Gasteiger partial charge in [-0.15, -0.1) is 0 Å². The Morgan fingerprint density at radius 1 is 1.38 bits per heavy atom. The van der Waals surface area contributed by atoms with E-state index in [4.69, 9.17) is 22.1 Å². The third-order valence-corrected chi connectivity index (χ3v) is 3.58. The van der Waals surface area contributed by atoms with Gasteiger partial charge in [-0.3, -0.25) is 4.79 Å². The van der Waals surface area contributed by atoms with Crippen molar-refractivity contribution in [3.63, 3.8) is 0 Å². The van der Waals surface area contributed by atoms with Crippen LogP contribution in [-0.4, -0.2) is 23.1 Å². The van der Waals surface area contributed by atoms with Gasteiger partial charge in [-0.1, -0.05) is 29.8 Å². The van der Waals surface area contributed by atoms with Gasteiger partial charge >= 0.3 is 5.97 Å². The lowest BCUT2D eigenvalue weighted by molar-refractivity contribution is -0.139. The van der Waals surface area contributed by atoms with Crippen LogP contribution in [0.25, 0.3) is 17.0 Å². The number of esters is 1. The topological polar surface area (TPSA) is 74.3 Å². The van der Waals surface area contributed by atoms with Crippen LogP contribution in [0.2, 0.25) is 5.15 Å². The molecule has 0 spiro atoms. The van der Waals surface area contributed by atoms with Crippen molar-refractivity contribution in [3.05, 3.63) is 40.6 Å². The van der Waals surface area contributed by atoms with E-state index in [2.05, 4.69) is 0 Å². The standard InChI is InChI=1S/C15H15ClN2O3/c1-3-21-15(20)11(14(17)19)8-10-9-6-4-5-7-12(9)18(2)13(10)16/h4-8H,3H2,1-2H3,(H2,17,19). The van der Waals surface area contributed by atoms with E-state index in [1.807, 2.05) is 24.3 Å². The van der Waals surface area contributed by atoms with E-state index in [-0.39, 0.29) is 12.2 Å². The van der Waals surface area contributed by atoms with Crippen LogP contribution >= 0.6 is 11.6 Å². The van der Waals surface area contributed by atoms with Crippen molar-refractivity contribution >= 4 is 40.5 Å². The summed E-state index contributed by atoms with van der Waals surface area (Å²) in [4.78, 5) is 23.3. The van der Waals surface area contributed by atoms with E-state index in [9.17, 15) is 9.59 Å². The first-order chi connectivity index (χ1) is 9.97. The summed E-state index contributed by atoms with van der Waals surface area (Å²) in [7, 11) is 1.80. The van der Waals surface area contributed by atoms with E-state index in [1.165, 1.54) is 6.08 Å². The number of aryl methyl sites for hydroxylation is 1. The Hall–Kier alpha value is -2.27. The van der Waals surface area contributed by atoms with E-state index in [1.54, 1.807) is 18.5 Å². The minimum absolute atomic E-state index is 0.159. The van der Waals surface area contributed by atoms with E-state index < -0.39 is 11.9 Å². The molecule has 0 aliphatic heterocycles. The summed E-state index contributed by atoms with van der Waals surface area (Å²) in [6, 6.07) is 7.49. The van der Waals surface area contributed by atoms with Gasteiger partial charge in [0.1, 0.15) is 10.7 Å². The van der Waals surface area contributed by atoms with Crippen LogP contribution in [0.3, 0.4) is 0 Å². The third kappa shape index (κ3) is 2.78. The second-order valence-corrected chi connectivity index (χ2v) is 4.78. The van der Waals surface area contributed by atoms with Crippen LogP contribution in [0.5, 0.6) is 0 Å². The lowest BCUT2D eigenvalue weighted by atomic mass is 10.1. The number of halogens is 1. The molecule has 1 aromatic heterocycles. The lowest BCUT2D eigenvalue weighted by Gasteiger charge is -2.03. The predicted molar refractivity (Wildman–Crippen MR) is 81.7 cm³/mol. The number of hydrogen-bond donors (Lipinski definition) is 1. The van der Waals surface area contributed by atoms with Gasteiger partial charge in [0.05, 0.1) is 6.61 Å². The number of carbonyl (C=O) groups is 2. The van der Waals surface area contributed by atoms with Crippen molar-refractivity contribution in [2.75, 3.05) is 6.61 Å². The summed E-state index contributed by atoms with van der Waals surface area (Å²) in [5, 5.41) is 1.24. The summed E-state index contributed by atoms with van der Waals surface area (Å²) >= 11 is 6.28. The number of primary amides is 1. The average Bonchev–Trinajstić information content (AvgIpc) is 2.69. The number of nitrogens with zero attached hydrogens (tertiary/aromatic N) is 1. The molecule has 21 heavy (non-hydrogen) atoms. The lowest BCUT2D eigenvalue weighted by Crippen LogP contribution is -2.22. The molecule has 2 rings (SSSR count). The highest BCUT2D eigenvalue weighted by molar-refractivity contribution is 6.33. The summed E-state index contributed by atoms with van der Waals surface area (Å²) < 4.78 is 6.61. The fourth-order valence-electron chi connectivity index (χ4n) is 2.11. The fourth-order valence-corrected chi connectivity index (χ4v) is 2.36. The molecule has 1 aromatic carbocycles. The van der Waals surface area contributed by atoms with Gasteiger partial charge in [-0.05, 0) is 19.1 Å². The fraction of sp³-hybridized carbons (Fsp3) is 0.200. The molecule has 0 radical (unpaired) electrons. The highest BCUT2D eigenvalue weighted by atomic mass is 35.5. The Kier molecular flexibility index (Phi) is 4.33. The number of nitrogens with two attached hydrogens (primary N) is 1. The molecule has 2 N–H and O–H groups in total. The van der Waals surface area contributed by atoms with Gasteiger partial charge in [0.15, 0.2) is 0 Å². The van der Waals surface area contributed by atoms with Crippen LogP contribution in [0.15, 0.2) is 29.8 Å². The summed E-state index contributed by atoms with van der Waals surface area (Å²) in [5.41, 5.74) is 6.49. The molecule has 110 valence electrons. The zero-order valence-corrected chi connectivity index (χ0v) is 12.5. The number of para-hydroxylation sites is 1. The number of rotatable bonds is 4. The Labute approximate surface area is 126 Å². The van der Waals surface area contributed by atoms with Crippen LogP contribution in [0.4, 0.5) is 0 Å². The predicted octanol–water partition coefficient (Wildman–Crippen LogP) is 2.26. The summed E-state index contributed by atoms with van der Waals surface area (Å²) in [6.45, 7) is 1.81. The van der Waals surface area contributed by atoms with Crippen molar-refractivity contribution < 1.29 is 14.3 Å². The van der Waals surface area contributed by atoms with Gasteiger partial charge < -0.3 is 15.0 Å². The van der Waals surface area contributed by atoms with E-state index in [0.29, 0.717) is 10.7 Å². The number of ether oxygens (including phenoxy) is 1. The van der Waals surface area contributed by atoms with Crippen LogP contribution < -0.4 is 5.73 Å². The molecule has 0 aliphatic rings. The molecule has 5 nitrogen and oxygen atoms in total. The van der Waals surface area contributed by atoms with Crippen LogP contribution in [0.1, 0.15) is 12.5 Å². The largest absolute Gasteiger partial charge is 0.462 e. The quantitative estimate of drug-likeness (QED) is 0.407. The maximum absolute atomic E-state index is 11.8. The normalized spacial score (nSPS) is 11.7. The first-order valence-electron chi connectivity index (χ1n) is 6.38. The van der Waals surface area contributed by atoms with Crippen molar-refractivity contribution in [3.8, 4) is 0 Å². The smallest absolute Gasteiger partial charge is 0.343 e. The molecule has 0 atom stereocenters. The van der Waals surface area contributed by atoms with E-state index >= 15 is 0 Å². The van der Waals surface area contributed by atoms with Gasteiger partial charge in [-0.25, -0.2) is 4.79 Å².